The number of nitrogens with zero attached hydrogens (tertiary/aromatic N) is 1. The highest BCUT2D eigenvalue weighted by molar-refractivity contribution is 7.85. The normalized spacial score (nSPS) is 14.1. The molecular weight excluding hydrogens is 280 g/mol. The van der Waals surface area contributed by atoms with Crippen LogP contribution >= 0.6 is 0 Å². The number of quaternary nitrogens is 1. The zero-order chi connectivity index (χ0) is 15.8. The van der Waals surface area contributed by atoms with E-state index in [0.29, 0.717) is 23.9 Å². The first-order chi connectivity index (χ1) is 9.07. The summed E-state index contributed by atoms with van der Waals surface area (Å²) < 4.78 is 32.2. The highest BCUT2D eigenvalue weighted by Crippen LogP contribution is 2.03. The smallest absolute Gasteiger partial charge is 0.223 e. The monoisotopic (exact) mass is 308 g/mol. The average Bonchev–Trinajstić information content (AvgIpc) is 2.32. The fourth-order valence-corrected chi connectivity index (χ4v) is 2.33. The third-order valence-corrected chi connectivity index (χ3v) is 4.27. The van der Waals surface area contributed by atoms with Crippen molar-refractivity contribution in [3.05, 3.63) is 0 Å². The summed E-state index contributed by atoms with van der Waals surface area (Å²) in [6.45, 7) is 6.06. The second kappa shape index (κ2) is 8.59. The molecule has 1 N–H and O–H groups in total. The molecule has 0 aliphatic carbocycles. The maximum atomic E-state index is 11.6. The van der Waals surface area contributed by atoms with E-state index in [0.717, 1.165) is 19.5 Å². The van der Waals surface area contributed by atoms with Gasteiger partial charge in [-0.2, -0.15) is 0 Å². The number of unbranched alkanes of at least 4 members (excludes halogenated alkanes) is 1. The largest absolute Gasteiger partial charge is 0.748 e. The minimum Gasteiger partial charge on any atom is -0.748 e. The molecule has 0 aromatic heterocycles. The summed E-state index contributed by atoms with van der Waals surface area (Å²) in [5, 5.41) is 2.90. The molecule has 0 rings (SSSR count). The van der Waals surface area contributed by atoms with Crippen molar-refractivity contribution in [2.75, 3.05) is 39.5 Å². The minimum atomic E-state index is -4.10. The van der Waals surface area contributed by atoms with Crippen LogP contribution in [0.2, 0.25) is 0 Å². The Kier molecular flexibility index (Phi) is 8.30. The van der Waals surface area contributed by atoms with Crippen molar-refractivity contribution < 1.29 is 22.2 Å². The van der Waals surface area contributed by atoms with Gasteiger partial charge in [-0.15, -0.1) is 0 Å². The SMILES string of the molecule is CCC(C)C(=O)NCC[N+](C)(C)CCCCS(=O)(=O)[O-]. The molecule has 0 aromatic carbocycles. The van der Waals surface area contributed by atoms with Gasteiger partial charge in [0.2, 0.25) is 5.91 Å². The second-order valence-corrected chi connectivity index (χ2v) is 7.48. The fraction of sp³-hybridized carbons (Fsp3) is 0.923. The van der Waals surface area contributed by atoms with Crippen molar-refractivity contribution >= 4 is 16.0 Å². The maximum Gasteiger partial charge on any atom is 0.223 e. The number of carbonyl (C=O) groups is 1. The fourth-order valence-electron chi connectivity index (χ4n) is 1.77. The van der Waals surface area contributed by atoms with Gasteiger partial charge in [-0.05, 0) is 19.3 Å². The number of nitrogens with one attached hydrogen (secondary N) is 1. The Bertz CT molecular complexity index is 393. The Hall–Kier alpha value is -0.660. The first kappa shape index (κ1) is 19.3. The Morgan fingerprint density at radius 1 is 1.25 bits per heavy atom. The van der Waals surface area contributed by atoms with Gasteiger partial charge in [-0.3, -0.25) is 4.79 Å². The van der Waals surface area contributed by atoms with E-state index in [-0.39, 0.29) is 17.6 Å². The molecule has 0 aliphatic heterocycles. The summed E-state index contributed by atoms with van der Waals surface area (Å²) >= 11 is 0. The van der Waals surface area contributed by atoms with Crippen molar-refractivity contribution in [1.82, 2.24) is 5.32 Å². The van der Waals surface area contributed by atoms with Gasteiger partial charge >= 0.3 is 0 Å². The Balaban J connectivity index is 3.87. The molecule has 1 amide bonds. The number of likely N-dealkylation sites (N-methyl/N-ethyl adjacent to an activating group) is 1. The Morgan fingerprint density at radius 3 is 2.35 bits per heavy atom. The predicted molar refractivity (Wildman–Crippen MR) is 78.1 cm³/mol. The molecule has 0 spiro atoms. The van der Waals surface area contributed by atoms with E-state index in [1.54, 1.807) is 0 Å². The summed E-state index contributed by atoms with van der Waals surface area (Å²) in [7, 11) is -0.0387. The molecule has 120 valence electrons. The minimum absolute atomic E-state index is 0.0351. The van der Waals surface area contributed by atoms with E-state index in [2.05, 4.69) is 5.32 Å². The van der Waals surface area contributed by atoms with Gasteiger partial charge in [0.1, 0.15) is 0 Å². The van der Waals surface area contributed by atoms with E-state index in [9.17, 15) is 17.8 Å². The van der Waals surface area contributed by atoms with E-state index in [4.69, 9.17) is 0 Å². The average molecular weight is 308 g/mol. The molecule has 0 heterocycles. The molecular formula is C13H28N2O4S. The van der Waals surface area contributed by atoms with Gasteiger partial charge < -0.3 is 14.4 Å². The van der Waals surface area contributed by atoms with Crippen LogP contribution in [0.5, 0.6) is 0 Å². The lowest BCUT2D eigenvalue weighted by Crippen LogP contribution is -2.46. The van der Waals surface area contributed by atoms with Gasteiger partial charge in [0.15, 0.2) is 0 Å². The highest BCUT2D eigenvalue weighted by atomic mass is 32.2. The standard InChI is InChI=1S/C13H28N2O4S/c1-5-12(2)13(16)14-8-10-15(3,4)9-6-7-11-20(17,18)19/h12H,5-11H2,1-4H3,(H-,14,16,17,18,19). The number of hydrogen-bond acceptors (Lipinski definition) is 4. The quantitative estimate of drug-likeness (QED) is 0.363. The zero-order valence-electron chi connectivity index (χ0n) is 13.0. The summed E-state index contributed by atoms with van der Waals surface area (Å²) in [5.74, 6) is -0.185. The summed E-state index contributed by atoms with van der Waals surface area (Å²) in [6, 6.07) is 0. The van der Waals surface area contributed by atoms with Crippen LogP contribution in [-0.4, -0.2) is 62.8 Å². The molecule has 7 heteroatoms. The van der Waals surface area contributed by atoms with E-state index >= 15 is 0 Å². The highest BCUT2D eigenvalue weighted by Gasteiger charge is 2.16. The van der Waals surface area contributed by atoms with Crippen LogP contribution in [0, 0.1) is 5.92 Å². The Morgan fingerprint density at radius 2 is 1.85 bits per heavy atom. The Labute approximate surface area is 122 Å². The van der Waals surface area contributed by atoms with E-state index in [1.807, 2.05) is 27.9 Å². The molecule has 1 atom stereocenters. The van der Waals surface area contributed by atoms with Crippen molar-refractivity contribution in [2.45, 2.75) is 33.1 Å². The topological polar surface area (TPSA) is 86.3 Å². The van der Waals surface area contributed by atoms with Gasteiger partial charge in [-0.1, -0.05) is 13.8 Å². The van der Waals surface area contributed by atoms with Crippen LogP contribution in [0.4, 0.5) is 0 Å². The maximum absolute atomic E-state index is 11.6. The number of hydrogen-bond donors (Lipinski definition) is 1. The number of amides is 1. The molecule has 0 aliphatic rings. The van der Waals surface area contributed by atoms with Crippen LogP contribution in [0.25, 0.3) is 0 Å². The summed E-state index contributed by atoms with van der Waals surface area (Å²) in [6.07, 6.45) is 1.91. The van der Waals surface area contributed by atoms with Crippen LogP contribution < -0.4 is 5.32 Å². The van der Waals surface area contributed by atoms with Gasteiger partial charge in [-0.25, -0.2) is 8.42 Å². The van der Waals surface area contributed by atoms with Crippen molar-refractivity contribution in [2.24, 2.45) is 5.92 Å². The summed E-state index contributed by atoms with van der Waals surface area (Å²) in [4.78, 5) is 11.6. The van der Waals surface area contributed by atoms with Crippen molar-refractivity contribution in [3.8, 4) is 0 Å². The lowest BCUT2D eigenvalue weighted by atomic mass is 10.1. The van der Waals surface area contributed by atoms with Gasteiger partial charge in [0, 0.05) is 11.7 Å². The molecule has 0 saturated carbocycles. The number of carbonyl (C=O) groups excluding carboxylic acids is 1. The lowest BCUT2D eigenvalue weighted by Gasteiger charge is -2.30. The zero-order valence-corrected chi connectivity index (χ0v) is 13.8. The second-order valence-electron chi connectivity index (χ2n) is 5.95. The van der Waals surface area contributed by atoms with Gasteiger partial charge in [0.05, 0.1) is 43.8 Å². The van der Waals surface area contributed by atoms with Crippen molar-refractivity contribution in [3.63, 3.8) is 0 Å². The lowest BCUT2D eigenvalue weighted by molar-refractivity contribution is -0.889. The first-order valence-electron chi connectivity index (χ1n) is 7.10. The molecule has 6 nitrogen and oxygen atoms in total. The van der Waals surface area contributed by atoms with E-state index in [1.165, 1.54) is 0 Å². The molecule has 0 aromatic rings. The van der Waals surface area contributed by atoms with Gasteiger partial charge in [0.25, 0.3) is 0 Å². The molecule has 0 bridgehead atoms. The molecule has 0 fully saturated rings. The number of rotatable bonds is 10. The third-order valence-electron chi connectivity index (χ3n) is 3.48. The predicted octanol–water partition coefficient (Wildman–Crippen LogP) is 0.551. The first-order valence-corrected chi connectivity index (χ1v) is 8.68. The molecule has 20 heavy (non-hydrogen) atoms. The molecule has 0 saturated heterocycles. The molecule has 1 unspecified atom stereocenters. The van der Waals surface area contributed by atoms with E-state index < -0.39 is 10.1 Å². The van der Waals surface area contributed by atoms with Crippen LogP contribution in [0.3, 0.4) is 0 Å². The van der Waals surface area contributed by atoms with Crippen molar-refractivity contribution in [1.29, 1.82) is 0 Å². The van der Waals surface area contributed by atoms with Crippen LogP contribution in [0.1, 0.15) is 33.1 Å². The molecule has 0 radical (unpaired) electrons. The third kappa shape index (κ3) is 10.2. The van der Waals surface area contributed by atoms with Crippen LogP contribution in [-0.2, 0) is 14.9 Å². The van der Waals surface area contributed by atoms with Crippen LogP contribution in [0.15, 0.2) is 0 Å². The summed E-state index contributed by atoms with van der Waals surface area (Å²) in [5.41, 5.74) is 0.